The molecule has 2 nitrogen and oxygen atoms in total. The maximum Gasteiger partial charge on any atom is 0.313 e. The molecular formula is C12H18O2. The molecule has 0 N–H and O–H groups in total. The normalized spacial score (nSPS) is 25.0. The molecule has 0 aliphatic carbocycles. The number of unbranched alkanes of at least 4 members (excludes halogenated alkanes) is 2. The molecule has 1 aliphatic rings. The predicted octanol–water partition coefficient (Wildman–Crippen LogP) is 2.52. The molecule has 0 aromatic heterocycles. The van der Waals surface area contributed by atoms with Crippen molar-refractivity contribution in [1.82, 2.24) is 0 Å². The molecule has 1 rings (SSSR count). The van der Waals surface area contributed by atoms with Gasteiger partial charge in [-0.05, 0) is 19.3 Å². The minimum absolute atomic E-state index is 0.0100. The van der Waals surface area contributed by atoms with E-state index >= 15 is 0 Å². The van der Waals surface area contributed by atoms with Gasteiger partial charge in [0.05, 0.1) is 5.92 Å². The SMILES string of the molecule is C#CCCCC1OC(=O)C1CCCC. The molecule has 1 fully saturated rings. The number of ether oxygens (including phenoxy) is 1. The van der Waals surface area contributed by atoms with Crippen LogP contribution in [-0.2, 0) is 9.53 Å². The highest BCUT2D eigenvalue weighted by molar-refractivity contribution is 5.78. The van der Waals surface area contributed by atoms with E-state index in [2.05, 4.69) is 12.8 Å². The van der Waals surface area contributed by atoms with Gasteiger partial charge < -0.3 is 4.74 Å². The second-order valence-corrected chi connectivity index (χ2v) is 3.82. The van der Waals surface area contributed by atoms with Crippen LogP contribution in [0.5, 0.6) is 0 Å². The van der Waals surface area contributed by atoms with Crippen LogP contribution in [0, 0.1) is 18.3 Å². The van der Waals surface area contributed by atoms with Gasteiger partial charge in [0.25, 0.3) is 0 Å². The summed E-state index contributed by atoms with van der Waals surface area (Å²) in [6, 6.07) is 0. The number of cyclic esters (lactones) is 1. The van der Waals surface area contributed by atoms with Gasteiger partial charge >= 0.3 is 5.97 Å². The summed E-state index contributed by atoms with van der Waals surface area (Å²) >= 11 is 0. The largest absolute Gasteiger partial charge is 0.461 e. The Labute approximate surface area is 86.0 Å². The second-order valence-electron chi connectivity index (χ2n) is 3.82. The molecule has 0 spiro atoms. The minimum atomic E-state index is -0.0100. The number of hydrogen-bond donors (Lipinski definition) is 0. The lowest BCUT2D eigenvalue weighted by Crippen LogP contribution is -2.44. The molecule has 0 saturated carbocycles. The van der Waals surface area contributed by atoms with Gasteiger partial charge in [0.2, 0.25) is 0 Å². The van der Waals surface area contributed by atoms with Crippen LogP contribution in [0.1, 0.15) is 45.4 Å². The van der Waals surface area contributed by atoms with Crippen LogP contribution in [-0.4, -0.2) is 12.1 Å². The molecule has 0 radical (unpaired) electrons. The van der Waals surface area contributed by atoms with Crippen LogP contribution in [0.4, 0.5) is 0 Å². The lowest BCUT2D eigenvalue weighted by molar-refractivity contribution is -0.186. The number of terminal acetylenes is 1. The van der Waals surface area contributed by atoms with Crippen molar-refractivity contribution in [1.29, 1.82) is 0 Å². The van der Waals surface area contributed by atoms with Crippen molar-refractivity contribution in [2.75, 3.05) is 0 Å². The molecule has 14 heavy (non-hydrogen) atoms. The smallest absolute Gasteiger partial charge is 0.313 e. The first-order valence-electron chi connectivity index (χ1n) is 5.43. The number of carbonyl (C=O) groups is 1. The van der Waals surface area contributed by atoms with Gasteiger partial charge in [0, 0.05) is 6.42 Å². The quantitative estimate of drug-likeness (QED) is 0.369. The van der Waals surface area contributed by atoms with Crippen LogP contribution < -0.4 is 0 Å². The number of carbonyl (C=O) groups excluding carboxylic acids is 1. The number of hydrogen-bond acceptors (Lipinski definition) is 2. The summed E-state index contributed by atoms with van der Waals surface area (Å²) in [6.45, 7) is 2.14. The third-order valence-electron chi connectivity index (χ3n) is 2.70. The Bertz CT molecular complexity index is 227. The van der Waals surface area contributed by atoms with Crippen molar-refractivity contribution in [2.24, 2.45) is 5.92 Å². The van der Waals surface area contributed by atoms with Crippen LogP contribution in [0.2, 0.25) is 0 Å². The van der Waals surface area contributed by atoms with Crippen LogP contribution in [0.3, 0.4) is 0 Å². The highest BCUT2D eigenvalue weighted by Crippen LogP contribution is 2.30. The summed E-state index contributed by atoms with van der Waals surface area (Å²) in [7, 11) is 0. The summed E-state index contributed by atoms with van der Waals surface area (Å²) < 4.78 is 5.09. The zero-order valence-electron chi connectivity index (χ0n) is 8.79. The fourth-order valence-electron chi connectivity index (χ4n) is 1.79. The van der Waals surface area contributed by atoms with Crippen molar-refractivity contribution in [3.8, 4) is 12.3 Å². The molecule has 78 valence electrons. The zero-order valence-corrected chi connectivity index (χ0v) is 8.79. The van der Waals surface area contributed by atoms with E-state index < -0.39 is 0 Å². The summed E-state index contributed by atoms with van der Waals surface area (Å²) in [5.74, 6) is 2.75. The Kier molecular flexibility index (Phi) is 4.52. The molecular weight excluding hydrogens is 176 g/mol. The van der Waals surface area contributed by atoms with E-state index in [9.17, 15) is 4.79 Å². The highest BCUT2D eigenvalue weighted by atomic mass is 16.6. The fraction of sp³-hybridized carbons (Fsp3) is 0.750. The van der Waals surface area contributed by atoms with Gasteiger partial charge in [-0.2, -0.15) is 0 Å². The molecule has 1 saturated heterocycles. The highest BCUT2D eigenvalue weighted by Gasteiger charge is 2.40. The standard InChI is InChI=1S/C12H18O2/c1-3-5-7-9-11-10(8-6-4-2)12(13)14-11/h1,10-11H,4-9H2,2H3. The van der Waals surface area contributed by atoms with Crippen molar-refractivity contribution < 1.29 is 9.53 Å². The van der Waals surface area contributed by atoms with E-state index in [1.165, 1.54) is 0 Å². The van der Waals surface area contributed by atoms with Crippen LogP contribution in [0.25, 0.3) is 0 Å². The van der Waals surface area contributed by atoms with Crippen molar-refractivity contribution in [2.45, 2.75) is 51.6 Å². The minimum Gasteiger partial charge on any atom is -0.461 e. The molecule has 0 aromatic carbocycles. The first-order valence-corrected chi connectivity index (χ1v) is 5.43. The Morgan fingerprint density at radius 2 is 2.21 bits per heavy atom. The summed E-state index contributed by atoms with van der Waals surface area (Å²) in [5.41, 5.74) is 0. The number of rotatable bonds is 6. The Hall–Kier alpha value is -0.970. The average molecular weight is 194 g/mol. The summed E-state index contributed by atoms with van der Waals surface area (Å²) in [6.07, 6.45) is 11.2. The topological polar surface area (TPSA) is 26.3 Å². The maximum atomic E-state index is 11.1. The van der Waals surface area contributed by atoms with E-state index in [-0.39, 0.29) is 18.0 Å². The fourth-order valence-corrected chi connectivity index (χ4v) is 1.79. The zero-order chi connectivity index (χ0) is 10.4. The summed E-state index contributed by atoms with van der Waals surface area (Å²) in [4.78, 5) is 11.1. The second kappa shape index (κ2) is 5.70. The van der Waals surface area contributed by atoms with Gasteiger partial charge in [0.15, 0.2) is 0 Å². The molecule has 2 heteroatoms. The first kappa shape index (κ1) is 11.1. The van der Waals surface area contributed by atoms with E-state index in [1.807, 2.05) is 0 Å². The predicted molar refractivity (Wildman–Crippen MR) is 55.6 cm³/mol. The molecule has 1 aliphatic heterocycles. The maximum absolute atomic E-state index is 11.1. The van der Waals surface area contributed by atoms with E-state index in [1.54, 1.807) is 0 Å². The third-order valence-corrected chi connectivity index (χ3v) is 2.70. The molecule has 2 atom stereocenters. The Morgan fingerprint density at radius 3 is 2.79 bits per heavy atom. The summed E-state index contributed by atoms with van der Waals surface area (Å²) in [5, 5.41) is 0. The Morgan fingerprint density at radius 1 is 1.43 bits per heavy atom. The van der Waals surface area contributed by atoms with Crippen molar-refractivity contribution >= 4 is 5.97 Å². The lowest BCUT2D eigenvalue weighted by atomic mass is 9.88. The molecule has 1 heterocycles. The number of esters is 1. The van der Waals surface area contributed by atoms with Crippen molar-refractivity contribution in [3.63, 3.8) is 0 Å². The lowest BCUT2D eigenvalue weighted by Gasteiger charge is -2.35. The monoisotopic (exact) mass is 194 g/mol. The van der Waals surface area contributed by atoms with Gasteiger partial charge in [-0.3, -0.25) is 4.79 Å². The average Bonchev–Trinajstić information content (AvgIpc) is 2.17. The van der Waals surface area contributed by atoms with Crippen LogP contribution in [0.15, 0.2) is 0 Å². The van der Waals surface area contributed by atoms with Gasteiger partial charge in [-0.25, -0.2) is 0 Å². The first-order chi connectivity index (χ1) is 6.79. The van der Waals surface area contributed by atoms with E-state index in [0.717, 1.165) is 38.5 Å². The van der Waals surface area contributed by atoms with E-state index in [0.29, 0.717) is 0 Å². The van der Waals surface area contributed by atoms with Crippen LogP contribution >= 0.6 is 0 Å². The molecule has 0 bridgehead atoms. The van der Waals surface area contributed by atoms with Crippen molar-refractivity contribution in [3.05, 3.63) is 0 Å². The molecule has 2 unspecified atom stereocenters. The Balaban J connectivity index is 2.19. The van der Waals surface area contributed by atoms with Gasteiger partial charge in [-0.1, -0.05) is 19.8 Å². The van der Waals surface area contributed by atoms with Gasteiger partial charge in [-0.15, -0.1) is 12.3 Å². The molecule has 0 amide bonds. The van der Waals surface area contributed by atoms with Gasteiger partial charge in [0.1, 0.15) is 6.10 Å². The molecule has 0 aromatic rings. The third kappa shape index (κ3) is 2.77. The van der Waals surface area contributed by atoms with E-state index in [4.69, 9.17) is 11.2 Å².